The maximum Gasteiger partial charge on any atom is 0.141 e. The smallest absolute Gasteiger partial charge is 0.141 e. The number of hydrogen-bond acceptors (Lipinski definition) is 2. The van der Waals surface area contributed by atoms with Crippen LogP contribution in [0.25, 0.3) is 0 Å². The molecule has 2 aromatic rings. The SMILES string of the molecule is CNC(Cc1ccc(F)c(Cl)c1)c1ccc(SC)cc1. The van der Waals surface area contributed by atoms with E-state index in [1.165, 1.54) is 16.5 Å². The van der Waals surface area contributed by atoms with Crippen molar-refractivity contribution in [1.82, 2.24) is 5.32 Å². The summed E-state index contributed by atoms with van der Waals surface area (Å²) in [5.74, 6) is -0.374. The summed E-state index contributed by atoms with van der Waals surface area (Å²) in [6, 6.07) is 13.5. The van der Waals surface area contributed by atoms with Gasteiger partial charge in [-0.05, 0) is 55.1 Å². The van der Waals surface area contributed by atoms with Gasteiger partial charge in [0.25, 0.3) is 0 Å². The van der Waals surface area contributed by atoms with Crippen molar-refractivity contribution in [2.75, 3.05) is 13.3 Å². The van der Waals surface area contributed by atoms with Gasteiger partial charge in [-0.15, -0.1) is 11.8 Å². The lowest BCUT2D eigenvalue weighted by Gasteiger charge is -2.17. The number of halogens is 2. The summed E-state index contributed by atoms with van der Waals surface area (Å²) in [5, 5.41) is 3.47. The fraction of sp³-hybridized carbons (Fsp3) is 0.250. The Morgan fingerprint density at radius 1 is 1.20 bits per heavy atom. The predicted octanol–water partition coefficient (Wildman–Crippen LogP) is 4.70. The Morgan fingerprint density at radius 2 is 1.90 bits per heavy atom. The zero-order valence-electron chi connectivity index (χ0n) is 11.5. The minimum Gasteiger partial charge on any atom is -0.313 e. The molecule has 20 heavy (non-hydrogen) atoms. The Labute approximate surface area is 128 Å². The molecule has 0 heterocycles. The van der Waals surface area contributed by atoms with E-state index < -0.39 is 0 Å². The molecule has 1 atom stereocenters. The van der Waals surface area contributed by atoms with Crippen molar-refractivity contribution in [3.05, 3.63) is 64.4 Å². The summed E-state index contributed by atoms with van der Waals surface area (Å²) >= 11 is 7.55. The number of benzene rings is 2. The van der Waals surface area contributed by atoms with E-state index in [1.807, 2.05) is 7.05 Å². The fourth-order valence-electron chi connectivity index (χ4n) is 2.13. The minimum absolute atomic E-state index is 0.176. The van der Waals surface area contributed by atoms with Crippen LogP contribution >= 0.6 is 23.4 Å². The minimum atomic E-state index is -0.374. The van der Waals surface area contributed by atoms with Crippen molar-refractivity contribution in [1.29, 1.82) is 0 Å². The van der Waals surface area contributed by atoms with Crippen LogP contribution in [0.3, 0.4) is 0 Å². The fourth-order valence-corrected chi connectivity index (χ4v) is 2.74. The normalized spacial score (nSPS) is 12.4. The molecule has 1 nitrogen and oxygen atoms in total. The molecule has 4 heteroatoms. The molecule has 0 fully saturated rings. The van der Waals surface area contributed by atoms with Gasteiger partial charge in [0.1, 0.15) is 5.82 Å². The molecule has 0 amide bonds. The van der Waals surface area contributed by atoms with Gasteiger partial charge in [0.05, 0.1) is 5.02 Å². The Bertz CT molecular complexity index is 571. The first-order chi connectivity index (χ1) is 9.63. The molecular weight excluding hydrogens is 293 g/mol. The largest absolute Gasteiger partial charge is 0.313 e. The van der Waals surface area contributed by atoms with Crippen LogP contribution in [0.2, 0.25) is 5.02 Å². The highest BCUT2D eigenvalue weighted by atomic mass is 35.5. The second kappa shape index (κ2) is 7.11. The van der Waals surface area contributed by atoms with Crippen LogP contribution in [0.1, 0.15) is 17.2 Å². The highest BCUT2D eigenvalue weighted by molar-refractivity contribution is 7.98. The van der Waals surface area contributed by atoms with Gasteiger partial charge in [-0.25, -0.2) is 4.39 Å². The van der Waals surface area contributed by atoms with Crippen molar-refractivity contribution >= 4 is 23.4 Å². The van der Waals surface area contributed by atoms with E-state index in [1.54, 1.807) is 23.9 Å². The van der Waals surface area contributed by atoms with Crippen LogP contribution in [0.5, 0.6) is 0 Å². The summed E-state index contributed by atoms with van der Waals surface area (Å²) < 4.78 is 13.2. The molecule has 0 aliphatic rings. The van der Waals surface area contributed by atoms with Gasteiger partial charge >= 0.3 is 0 Å². The predicted molar refractivity (Wildman–Crippen MR) is 85.1 cm³/mol. The molecule has 0 saturated heterocycles. The van der Waals surface area contributed by atoms with E-state index in [-0.39, 0.29) is 16.9 Å². The van der Waals surface area contributed by atoms with E-state index in [2.05, 4.69) is 35.8 Å². The van der Waals surface area contributed by atoms with Gasteiger partial charge in [-0.3, -0.25) is 0 Å². The first-order valence-electron chi connectivity index (χ1n) is 6.39. The number of likely N-dealkylation sites (N-methyl/N-ethyl adjacent to an activating group) is 1. The van der Waals surface area contributed by atoms with Crippen LogP contribution in [0.4, 0.5) is 4.39 Å². The van der Waals surface area contributed by atoms with Crippen molar-refractivity contribution in [2.45, 2.75) is 17.4 Å². The third kappa shape index (κ3) is 3.75. The third-order valence-electron chi connectivity index (χ3n) is 3.29. The average Bonchev–Trinajstić information content (AvgIpc) is 2.48. The number of hydrogen-bond donors (Lipinski definition) is 1. The van der Waals surface area contributed by atoms with Crippen molar-refractivity contribution < 1.29 is 4.39 Å². The van der Waals surface area contributed by atoms with E-state index in [0.29, 0.717) is 0 Å². The van der Waals surface area contributed by atoms with Crippen molar-refractivity contribution in [3.8, 4) is 0 Å². The molecule has 106 valence electrons. The molecule has 0 bridgehead atoms. The van der Waals surface area contributed by atoms with Crippen LogP contribution in [-0.4, -0.2) is 13.3 Å². The Hall–Kier alpha value is -1.03. The summed E-state index contributed by atoms with van der Waals surface area (Å²) in [5.41, 5.74) is 2.23. The van der Waals surface area contributed by atoms with Crippen LogP contribution in [0.15, 0.2) is 47.4 Å². The third-order valence-corrected chi connectivity index (χ3v) is 4.32. The molecule has 2 aromatic carbocycles. The number of nitrogens with one attached hydrogen (secondary N) is 1. The Morgan fingerprint density at radius 3 is 2.45 bits per heavy atom. The second-order valence-corrected chi connectivity index (χ2v) is 5.85. The lowest BCUT2D eigenvalue weighted by Crippen LogP contribution is -2.18. The molecule has 0 aromatic heterocycles. The number of rotatable bonds is 5. The van der Waals surface area contributed by atoms with E-state index in [4.69, 9.17) is 11.6 Å². The zero-order chi connectivity index (χ0) is 14.5. The van der Waals surface area contributed by atoms with Gasteiger partial charge in [-0.2, -0.15) is 0 Å². The molecule has 0 aliphatic carbocycles. The molecule has 0 saturated carbocycles. The molecule has 0 spiro atoms. The summed E-state index contributed by atoms with van der Waals surface area (Å²) in [6.07, 6.45) is 2.83. The monoisotopic (exact) mass is 309 g/mol. The zero-order valence-corrected chi connectivity index (χ0v) is 13.1. The van der Waals surface area contributed by atoms with Gasteiger partial charge in [0, 0.05) is 10.9 Å². The quantitative estimate of drug-likeness (QED) is 0.803. The van der Waals surface area contributed by atoms with Gasteiger partial charge in [0.15, 0.2) is 0 Å². The number of thioether (sulfide) groups is 1. The van der Waals surface area contributed by atoms with Crippen molar-refractivity contribution in [3.63, 3.8) is 0 Å². The highest BCUT2D eigenvalue weighted by Crippen LogP contribution is 2.24. The van der Waals surface area contributed by atoms with Gasteiger partial charge in [0.2, 0.25) is 0 Å². The lowest BCUT2D eigenvalue weighted by atomic mass is 9.99. The average molecular weight is 310 g/mol. The maximum atomic E-state index is 13.2. The molecule has 0 aliphatic heterocycles. The van der Waals surface area contributed by atoms with E-state index >= 15 is 0 Å². The lowest BCUT2D eigenvalue weighted by molar-refractivity contribution is 0.588. The Kier molecular flexibility index (Phi) is 5.46. The van der Waals surface area contributed by atoms with Gasteiger partial charge in [-0.1, -0.05) is 29.8 Å². The summed E-state index contributed by atoms with van der Waals surface area (Å²) in [4.78, 5) is 1.24. The first-order valence-corrected chi connectivity index (χ1v) is 7.99. The van der Waals surface area contributed by atoms with Crippen LogP contribution in [-0.2, 0) is 6.42 Å². The molecular formula is C16H17ClFNS. The highest BCUT2D eigenvalue weighted by Gasteiger charge is 2.11. The summed E-state index contributed by atoms with van der Waals surface area (Å²) in [6.45, 7) is 0. The van der Waals surface area contributed by atoms with E-state index in [0.717, 1.165) is 12.0 Å². The van der Waals surface area contributed by atoms with E-state index in [9.17, 15) is 4.39 Å². The molecule has 2 rings (SSSR count). The topological polar surface area (TPSA) is 12.0 Å². The summed E-state index contributed by atoms with van der Waals surface area (Å²) in [7, 11) is 1.93. The van der Waals surface area contributed by atoms with Crippen molar-refractivity contribution in [2.24, 2.45) is 0 Å². The van der Waals surface area contributed by atoms with Gasteiger partial charge < -0.3 is 5.32 Å². The molecule has 1 unspecified atom stereocenters. The standard InChI is InChI=1S/C16H17ClFNS/c1-19-16(12-4-6-13(20-2)7-5-12)10-11-3-8-15(18)14(17)9-11/h3-9,16,19H,10H2,1-2H3. The Balaban J connectivity index is 2.16. The maximum absolute atomic E-state index is 13.2. The molecule has 0 radical (unpaired) electrons. The van der Waals surface area contributed by atoms with Crippen LogP contribution in [0, 0.1) is 5.82 Å². The van der Waals surface area contributed by atoms with Crippen LogP contribution < -0.4 is 5.32 Å². The second-order valence-electron chi connectivity index (χ2n) is 4.57. The first kappa shape index (κ1) is 15.4. The molecule has 1 N–H and O–H groups in total.